The third-order valence-electron chi connectivity index (χ3n) is 2.22. The molecule has 1 heterocycles. The number of hydrogen-bond acceptors (Lipinski definition) is 4. The number of aromatic nitrogens is 4. The third kappa shape index (κ3) is 2.50. The number of nitrogens with zero attached hydrogens (tertiary/aromatic N) is 3. The van der Waals surface area contributed by atoms with E-state index in [9.17, 15) is 4.79 Å². The van der Waals surface area contributed by atoms with Gasteiger partial charge in [0.1, 0.15) is 0 Å². The number of aryl methyl sites for hydroxylation is 2. The van der Waals surface area contributed by atoms with Gasteiger partial charge in [0.25, 0.3) is 11.7 Å². The summed E-state index contributed by atoms with van der Waals surface area (Å²) in [5.74, 6) is -0.386. The van der Waals surface area contributed by atoms with E-state index in [0.29, 0.717) is 5.69 Å². The first kappa shape index (κ1) is 11.7. The summed E-state index contributed by atoms with van der Waals surface area (Å²) in [5, 5.41) is 15.5. The number of rotatable bonds is 2. The van der Waals surface area contributed by atoms with Crippen LogP contribution < -0.4 is 5.32 Å². The van der Waals surface area contributed by atoms with Crippen molar-refractivity contribution < 1.29 is 4.79 Å². The molecule has 0 aliphatic heterocycles. The van der Waals surface area contributed by atoms with Crippen LogP contribution in [0.5, 0.6) is 0 Å². The number of H-pyrrole nitrogens is 1. The lowest BCUT2D eigenvalue weighted by molar-refractivity contribution is 0.101. The second-order valence-corrected chi connectivity index (χ2v) is 4.48. The number of tetrazole rings is 1. The summed E-state index contributed by atoms with van der Waals surface area (Å²) in [5.41, 5.74) is 2.80. The average molecular weight is 296 g/mol. The van der Waals surface area contributed by atoms with Crippen molar-refractivity contribution in [3.63, 3.8) is 0 Å². The average Bonchev–Trinajstić information content (AvgIpc) is 2.76. The normalized spacial score (nSPS) is 10.3. The Hall–Kier alpha value is -1.76. The maximum Gasteiger partial charge on any atom is 0.297 e. The van der Waals surface area contributed by atoms with Crippen LogP contribution >= 0.6 is 15.9 Å². The van der Waals surface area contributed by atoms with Crippen LogP contribution in [-0.4, -0.2) is 26.5 Å². The Balaban J connectivity index is 2.28. The van der Waals surface area contributed by atoms with Gasteiger partial charge < -0.3 is 5.32 Å². The first-order valence-corrected chi connectivity index (χ1v) is 5.69. The highest BCUT2D eigenvalue weighted by atomic mass is 79.9. The number of amides is 1. The summed E-state index contributed by atoms with van der Waals surface area (Å²) in [6, 6.07) is 3.91. The highest BCUT2D eigenvalue weighted by Gasteiger charge is 2.14. The highest BCUT2D eigenvalue weighted by molar-refractivity contribution is 9.10. The molecule has 6 nitrogen and oxygen atoms in total. The van der Waals surface area contributed by atoms with E-state index >= 15 is 0 Å². The zero-order chi connectivity index (χ0) is 12.4. The molecule has 0 saturated carbocycles. The monoisotopic (exact) mass is 295 g/mol. The number of anilines is 1. The van der Waals surface area contributed by atoms with Crippen LogP contribution in [0.1, 0.15) is 21.7 Å². The largest absolute Gasteiger partial charge is 0.318 e. The van der Waals surface area contributed by atoms with E-state index in [-0.39, 0.29) is 5.82 Å². The Bertz CT molecular complexity index is 529. The highest BCUT2D eigenvalue weighted by Crippen LogP contribution is 2.27. The number of benzene rings is 1. The van der Waals surface area contributed by atoms with Gasteiger partial charge in [-0.05, 0) is 52.2 Å². The van der Waals surface area contributed by atoms with Crippen molar-refractivity contribution in [2.45, 2.75) is 13.8 Å². The van der Waals surface area contributed by atoms with Crippen molar-refractivity contribution in [3.8, 4) is 0 Å². The van der Waals surface area contributed by atoms with Gasteiger partial charge >= 0.3 is 0 Å². The lowest BCUT2D eigenvalue weighted by Crippen LogP contribution is -2.15. The summed E-state index contributed by atoms with van der Waals surface area (Å²) in [7, 11) is 0. The SMILES string of the molecule is Cc1cc(C)c(NC(=O)c2nn[nH]n2)c(Br)c1. The molecule has 0 radical (unpaired) electrons. The number of carbonyl (C=O) groups excluding carboxylic acids is 1. The fourth-order valence-electron chi connectivity index (χ4n) is 1.50. The minimum Gasteiger partial charge on any atom is -0.318 e. The Morgan fingerprint density at radius 3 is 2.76 bits per heavy atom. The zero-order valence-corrected chi connectivity index (χ0v) is 10.9. The summed E-state index contributed by atoms with van der Waals surface area (Å²) < 4.78 is 0.826. The topological polar surface area (TPSA) is 83.6 Å². The molecule has 1 amide bonds. The Morgan fingerprint density at radius 2 is 2.18 bits per heavy atom. The van der Waals surface area contributed by atoms with E-state index in [0.717, 1.165) is 15.6 Å². The van der Waals surface area contributed by atoms with Crippen molar-refractivity contribution in [1.82, 2.24) is 20.6 Å². The molecule has 0 saturated heterocycles. The lowest BCUT2D eigenvalue weighted by Gasteiger charge is -2.10. The van der Waals surface area contributed by atoms with E-state index in [2.05, 4.69) is 41.9 Å². The molecule has 0 spiro atoms. The predicted octanol–water partition coefficient (Wildman–Crippen LogP) is 1.83. The van der Waals surface area contributed by atoms with Crippen LogP contribution in [0.4, 0.5) is 5.69 Å². The van der Waals surface area contributed by atoms with Crippen molar-refractivity contribution in [2.24, 2.45) is 0 Å². The second kappa shape index (κ2) is 4.62. The zero-order valence-electron chi connectivity index (χ0n) is 9.28. The van der Waals surface area contributed by atoms with Crippen LogP contribution in [-0.2, 0) is 0 Å². The van der Waals surface area contributed by atoms with Crippen molar-refractivity contribution in [3.05, 3.63) is 33.6 Å². The van der Waals surface area contributed by atoms with Crippen molar-refractivity contribution >= 4 is 27.5 Å². The van der Waals surface area contributed by atoms with Gasteiger partial charge in [0.05, 0.1) is 5.69 Å². The quantitative estimate of drug-likeness (QED) is 0.885. The molecule has 0 fully saturated rings. The first-order valence-electron chi connectivity index (χ1n) is 4.89. The van der Waals surface area contributed by atoms with Gasteiger partial charge in [-0.25, -0.2) is 0 Å². The number of carbonyl (C=O) groups is 1. The van der Waals surface area contributed by atoms with Crippen LogP contribution in [0.15, 0.2) is 16.6 Å². The molecule has 1 aromatic heterocycles. The van der Waals surface area contributed by atoms with Gasteiger partial charge in [-0.2, -0.15) is 5.21 Å². The number of aromatic amines is 1. The minimum atomic E-state index is -0.397. The van der Waals surface area contributed by atoms with Crippen LogP contribution in [0.25, 0.3) is 0 Å². The maximum atomic E-state index is 11.7. The minimum absolute atomic E-state index is 0.0110. The molecule has 2 N–H and O–H groups in total. The van der Waals surface area contributed by atoms with Gasteiger partial charge in [-0.3, -0.25) is 4.79 Å². The lowest BCUT2D eigenvalue weighted by atomic mass is 10.1. The van der Waals surface area contributed by atoms with Gasteiger partial charge in [0.15, 0.2) is 0 Å². The van der Waals surface area contributed by atoms with Gasteiger partial charge in [-0.15, -0.1) is 10.2 Å². The molecule has 0 aliphatic rings. The van der Waals surface area contributed by atoms with E-state index in [1.165, 1.54) is 0 Å². The Morgan fingerprint density at radius 1 is 1.41 bits per heavy atom. The third-order valence-corrected chi connectivity index (χ3v) is 2.84. The summed E-state index contributed by atoms with van der Waals surface area (Å²) in [4.78, 5) is 11.7. The number of nitrogens with one attached hydrogen (secondary N) is 2. The fourth-order valence-corrected chi connectivity index (χ4v) is 2.27. The van der Waals surface area contributed by atoms with E-state index in [4.69, 9.17) is 0 Å². The van der Waals surface area contributed by atoms with Gasteiger partial charge in [-0.1, -0.05) is 6.07 Å². The predicted molar refractivity (Wildman–Crippen MR) is 65.7 cm³/mol. The van der Waals surface area contributed by atoms with E-state index in [1.807, 2.05) is 26.0 Å². The summed E-state index contributed by atoms with van der Waals surface area (Å²) in [6.45, 7) is 3.91. The molecule has 0 unspecified atom stereocenters. The van der Waals surface area contributed by atoms with Gasteiger partial charge in [0, 0.05) is 4.47 Å². The van der Waals surface area contributed by atoms with E-state index in [1.54, 1.807) is 0 Å². The van der Waals surface area contributed by atoms with Crippen molar-refractivity contribution in [2.75, 3.05) is 5.32 Å². The van der Waals surface area contributed by atoms with Crippen LogP contribution in [0, 0.1) is 13.8 Å². The molecular weight excluding hydrogens is 286 g/mol. The number of halogens is 1. The van der Waals surface area contributed by atoms with E-state index < -0.39 is 5.91 Å². The molecule has 17 heavy (non-hydrogen) atoms. The molecule has 88 valence electrons. The molecule has 7 heteroatoms. The number of hydrogen-bond donors (Lipinski definition) is 2. The molecular formula is C10H10BrN5O. The molecule has 1 aromatic carbocycles. The second-order valence-electron chi connectivity index (χ2n) is 3.63. The molecule has 0 bridgehead atoms. The smallest absolute Gasteiger partial charge is 0.297 e. The molecule has 2 rings (SSSR count). The van der Waals surface area contributed by atoms with Crippen LogP contribution in [0.2, 0.25) is 0 Å². The first-order chi connectivity index (χ1) is 8.08. The van der Waals surface area contributed by atoms with Gasteiger partial charge in [0.2, 0.25) is 0 Å². The Labute approximate surface area is 106 Å². The standard InChI is InChI=1S/C10H10BrN5O/c1-5-3-6(2)8(7(11)4-5)12-10(17)9-13-15-16-14-9/h3-4H,1-2H3,(H,12,17)(H,13,14,15,16). The van der Waals surface area contributed by atoms with Crippen molar-refractivity contribution in [1.29, 1.82) is 0 Å². The molecule has 2 aromatic rings. The Kier molecular flexibility index (Phi) is 3.19. The fraction of sp³-hybridized carbons (Fsp3) is 0.200. The molecule has 0 atom stereocenters. The maximum absolute atomic E-state index is 11.7. The van der Waals surface area contributed by atoms with Crippen LogP contribution in [0.3, 0.4) is 0 Å². The summed E-state index contributed by atoms with van der Waals surface area (Å²) >= 11 is 3.41. The molecule has 0 aliphatic carbocycles. The summed E-state index contributed by atoms with van der Waals surface area (Å²) in [6.07, 6.45) is 0.